The van der Waals surface area contributed by atoms with Crippen molar-refractivity contribution in [3.63, 3.8) is 0 Å². The number of carbonyl (C=O) groups excluding carboxylic acids is 1. The number of hydrogen-bond acceptors (Lipinski definition) is 4. The van der Waals surface area contributed by atoms with E-state index in [1.165, 1.54) is 0 Å². The lowest BCUT2D eigenvalue weighted by Gasteiger charge is -2.33. The van der Waals surface area contributed by atoms with Crippen LogP contribution in [0.25, 0.3) is 0 Å². The number of nitrogens with two attached hydrogens (primary N) is 1. The minimum absolute atomic E-state index is 0.220. The molecule has 5 heteroatoms. The van der Waals surface area contributed by atoms with Crippen molar-refractivity contribution >= 4 is 5.91 Å². The van der Waals surface area contributed by atoms with Crippen molar-refractivity contribution in [1.82, 2.24) is 9.80 Å². The summed E-state index contributed by atoms with van der Waals surface area (Å²) >= 11 is 0. The highest BCUT2D eigenvalue weighted by molar-refractivity contribution is 5.78. The average molecular weight is 227 g/mol. The molecule has 0 aromatic heterocycles. The van der Waals surface area contributed by atoms with Gasteiger partial charge >= 0.3 is 0 Å². The molecular formula is C11H21N3O2. The Morgan fingerprint density at radius 3 is 2.75 bits per heavy atom. The van der Waals surface area contributed by atoms with Crippen LogP contribution in [-0.4, -0.2) is 67.7 Å². The number of rotatable bonds is 2. The first-order chi connectivity index (χ1) is 7.75. The van der Waals surface area contributed by atoms with Crippen molar-refractivity contribution in [2.75, 3.05) is 45.9 Å². The molecule has 2 saturated heterocycles. The smallest absolute Gasteiger partial charge is 0.236 e. The number of nitrogens with zero attached hydrogens (tertiary/aromatic N) is 2. The lowest BCUT2D eigenvalue weighted by atomic mass is 10.1. The van der Waals surface area contributed by atoms with Crippen LogP contribution >= 0.6 is 0 Å². The molecule has 0 spiro atoms. The summed E-state index contributed by atoms with van der Waals surface area (Å²) in [7, 11) is 0. The molecule has 0 aliphatic carbocycles. The molecule has 2 rings (SSSR count). The molecule has 0 bridgehead atoms. The first-order valence-corrected chi connectivity index (χ1v) is 6.09. The second-order valence-corrected chi connectivity index (χ2v) is 4.63. The second-order valence-electron chi connectivity index (χ2n) is 4.63. The maximum absolute atomic E-state index is 12.0. The van der Waals surface area contributed by atoms with Gasteiger partial charge in [0, 0.05) is 25.7 Å². The van der Waals surface area contributed by atoms with E-state index in [-0.39, 0.29) is 11.9 Å². The Balaban J connectivity index is 1.77. The molecule has 0 aromatic rings. The summed E-state index contributed by atoms with van der Waals surface area (Å²) < 4.78 is 5.23. The van der Waals surface area contributed by atoms with Crippen LogP contribution in [0.15, 0.2) is 0 Å². The molecule has 0 saturated carbocycles. The van der Waals surface area contributed by atoms with E-state index < -0.39 is 0 Å². The lowest BCUT2D eigenvalue weighted by Crippen LogP contribution is -2.49. The summed E-state index contributed by atoms with van der Waals surface area (Å²) in [5.41, 5.74) is 5.89. The summed E-state index contributed by atoms with van der Waals surface area (Å²) in [5.74, 6) is 0.220. The highest BCUT2D eigenvalue weighted by atomic mass is 16.5. The van der Waals surface area contributed by atoms with Crippen molar-refractivity contribution in [2.45, 2.75) is 18.9 Å². The molecule has 1 amide bonds. The normalized spacial score (nSPS) is 28.1. The third kappa shape index (κ3) is 3.17. The predicted octanol–water partition coefficient (Wildman–Crippen LogP) is -0.732. The fourth-order valence-corrected chi connectivity index (χ4v) is 2.34. The molecule has 16 heavy (non-hydrogen) atoms. The van der Waals surface area contributed by atoms with E-state index in [9.17, 15) is 4.79 Å². The molecule has 2 fully saturated rings. The van der Waals surface area contributed by atoms with E-state index in [2.05, 4.69) is 4.90 Å². The standard InChI is InChI=1S/C11H21N3O2/c12-10-2-1-3-13(8-10)9-11(15)14-4-6-16-7-5-14/h10H,1-9,12H2. The predicted molar refractivity (Wildman–Crippen MR) is 61.0 cm³/mol. The Morgan fingerprint density at radius 1 is 1.31 bits per heavy atom. The maximum Gasteiger partial charge on any atom is 0.236 e. The summed E-state index contributed by atoms with van der Waals surface area (Å²) in [4.78, 5) is 16.0. The summed E-state index contributed by atoms with van der Waals surface area (Å²) in [6, 6.07) is 0.242. The first-order valence-electron chi connectivity index (χ1n) is 6.09. The third-order valence-corrected chi connectivity index (χ3v) is 3.26. The van der Waals surface area contributed by atoms with Gasteiger partial charge in [0.15, 0.2) is 0 Å². The molecule has 5 nitrogen and oxygen atoms in total. The van der Waals surface area contributed by atoms with Gasteiger partial charge in [0.1, 0.15) is 0 Å². The largest absolute Gasteiger partial charge is 0.378 e. The number of hydrogen-bond donors (Lipinski definition) is 1. The topological polar surface area (TPSA) is 58.8 Å². The molecule has 0 aromatic carbocycles. The molecule has 1 atom stereocenters. The van der Waals surface area contributed by atoms with Gasteiger partial charge in [-0.05, 0) is 19.4 Å². The van der Waals surface area contributed by atoms with Crippen LogP contribution in [0, 0.1) is 0 Å². The number of carbonyl (C=O) groups is 1. The maximum atomic E-state index is 12.0. The van der Waals surface area contributed by atoms with Crippen LogP contribution in [0.4, 0.5) is 0 Å². The summed E-state index contributed by atoms with van der Waals surface area (Å²) in [6.07, 6.45) is 2.19. The highest BCUT2D eigenvalue weighted by Gasteiger charge is 2.22. The monoisotopic (exact) mass is 227 g/mol. The first kappa shape index (κ1) is 11.8. The van der Waals surface area contributed by atoms with Gasteiger partial charge in [-0.2, -0.15) is 0 Å². The van der Waals surface area contributed by atoms with Gasteiger partial charge in [0.05, 0.1) is 19.8 Å². The molecule has 2 N–H and O–H groups in total. The van der Waals surface area contributed by atoms with Gasteiger partial charge in [-0.15, -0.1) is 0 Å². The van der Waals surface area contributed by atoms with Crippen molar-refractivity contribution < 1.29 is 9.53 Å². The van der Waals surface area contributed by atoms with E-state index in [0.717, 1.165) is 39.0 Å². The van der Waals surface area contributed by atoms with Crippen LogP contribution in [0.1, 0.15) is 12.8 Å². The van der Waals surface area contributed by atoms with Crippen LogP contribution in [-0.2, 0) is 9.53 Å². The average Bonchev–Trinajstić information content (AvgIpc) is 2.30. The molecule has 2 heterocycles. The van der Waals surface area contributed by atoms with Crippen LogP contribution in [0.5, 0.6) is 0 Å². The Hall–Kier alpha value is -0.650. The Bertz CT molecular complexity index is 241. The Kier molecular flexibility index (Phi) is 4.15. The molecule has 92 valence electrons. The lowest BCUT2D eigenvalue weighted by molar-refractivity contribution is -0.136. The number of ether oxygens (including phenoxy) is 1. The number of morpholine rings is 1. The van der Waals surface area contributed by atoms with Gasteiger partial charge in [0.25, 0.3) is 0 Å². The van der Waals surface area contributed by atoms with Crippen molar-refractivity contribution in [1.29, 1.82) is 0 Å². The van der Waals surface area contributed by atoms with E-state index in [1.807, 2.05) is 4.90 Å². The second kappa shape index (κ2) is 5.61. The number of piperidine rings is 1. The zero-order valence-electron chi connectivity index (χ0n) is 9.73. The van der Waals surface area contributed by atoms with Crippen molar-refractivity contribution in [3.05, 3.63) is 0 Å². The zero-order chi connectivity index (χ0) is 11.4. The SMILES string of the molecule is NC1CCCN(CC(=O)N2CCOCC2)C1. The van der Waals surface area contributed by atoms with Crippen molar-refractivity contribution in [2.24, 2.45) is 5.73 Å². The summed E-state index contributed by atoms with van der Waals surface area (Å²) in [6.45, 7) is 5.20. The number of likely N-dealkylation sites (tertiary alicyclic amines) is 1. The molecule has 0 radical (unpaired) electrons. The Morgan fingerprint density at radius 2 is 2.06 bits per heavy atom. The van der Waals surface area contributed by atoms with Gasteiger partial charge < -0.3 is 15.4 Å². The zero-order valence-corrected chi connectivity index (χ0v) is 9.73. The molecular weight excluding hydrogens is 206 g/mol. The third-order valence-electron chi connectivity index (χ3n) is 3.26. The van der Waals surface area contributed by atoms with E-state index in [4.69, 9.17) is 10.5 Å². The summed E-state index contributed by atoms with van der Waals surface area (Å²) in [5, 5.41) is 0. The fraction of sp³-hybridized carbons (Fsp3) is 0.909. The van der Waals surface area contributed by atoms with Crippen LogP contribution in [0.3, 0.4) is 0 Å². The molecule has 2 aliphatic heterocycles. The number of amides is 1. The molecule has 1 unspecified atom stereocenters. The van der Waals surface area contributed by atoms with E-state index >= 15 is 0 Å². The minimum atomic E-state index is 0.220. The molecule has 2 aliphatic rings. The van der Waals surface area contributed by atoms with Gasteiger partial charge in [-0.25, -0.2) is 0 Å². The fourth-order valence-electron chi connectivity index (χ4n) is 2.34. The highest BCUT2D eigenvalue weighted by Crippen LogP contribution is 2.08. The van der Waals surface area contributed by atoms with E-state index in [0.29, 0.717) is 19.8 Å². The minimum Gasteiger partial charge on any atom is -0.378 e. The van der Waals surface area contributed by atoms with Crippen LogP contribution < -0.4 is 5.73 Å². The van der Waals surface area contributed by atoms with Gasteiger partial charge in [-0.3, -0.25) is 9.69 Å². The quantitative estimate of drug-likeness (QED) is 0.675. The van der Waals surface area contributed by atoms with E-state index in [1.54, 1.807) is 0 Å². The Labute approximate surface area is 96.5 Å². The van der Waals surface area contributed by atoms with Gasteiger partial charge in [-0.1, -0.05) is 0 Å². The van der Waals surface area contributed by atoms with Gasteiger partial charge in [0.2, 0.25) is 5.91 Å². The van der Waals surface area contributed by atoms with Crippen LogP contribution in [0.2, 0.25) is 0 Å². The van der Waals surface area contributed by atoms with Crippen molar-refractivity contribution in [3.8, 4) is 0 Å².